The predicted octanol–water partition coefficient (Wildman–Crippen LogP) is 4.23. The minimum absolute atomic E-state index is 0.206. The molecular formula is C22H21ClO5. The van der Waals surface area contributed by atoms with Crippen LogP contribution in [0.3, 0.4) is 0 Å². The lowest BCUT2D eigenvalue weighted by atomic mass is 9.96. The highest BCUT2D eigenvalue weighted by Gasteiger charge is 2.23. The molecule has 0 saturated carbocycles. The average Bonchev–Trinajstić information content (AvgIpc) is 2.72. The van der Waals surface area contributed by atoms with Gasteiger partial charge in [-0.15, -0.1) is 5.92 Å². The molecule has 0 N–H and O–H groups in total. The van der Waals surface area contributed by atoms with Gasteiger partial charge in [0.25, 0.3) is 0 Å². The maximum Gasteiger partial charge on any atom is 0.307 e. The summed E-state index contributed by atoms with van der Waals surface area (Å²) >= 11 is 6.09. The number of hydrogen-bond acceptors (Lipinski definition) is 5. The molecule has 0 unspecified atom stereocenters. The molecule has 146 valence electrons. The molecule has 0 radical (unpaired) electrons. The molecule has 0 saturated heterocycles. The first-order chi connectivity index (χ1) is 13.6. The number of rotatable bonds is 6. The van der Waals surface area contributed by atoms with Crippen molar-refractivity contribution in [1.29, 1.82) is 0 Å². The standard InChI is InChI=1S/C22H21ClO5/c1-3-5-16(12-21(24)25-2)15-8-10-17(11-9-15)26-13-18-14-27-22-19(23)6-4-7-20(22)28-18/h4,6-11,16,18H,12-14H2,1-2H3/t16-,18-/m0/s1. The molecule has 0 fully saturated rings. The van der Waals surface area contributed by atoms with Crippen LogP contribution in [-0.4, -0.2) is 32.4 Å². The van der Waals surface area contributed by atoms with Crippen molar-refractivity contribution in [2.45, 2.75) is 25.4 Å². The minimum Gasteiger partial charge on any atom is -0.490 e. The largest absolute Gasteiger partial charge is 0.490 e. The average molecular weight is 401 g/mol. The molecule has 2 aromatic rings. The fourth-order valence-corrected chi connectivity index (χ4v) is 3.08. The Labute approximate surface area is 169 Å². The van der Waals surface area contributed by atoms with Crippen LogP contribution >= 0.6 is 11.6 Å². The Hall–Kier alpha value is -2.84. The quantitative estimate of drug-likeness (QED) is 0.536. The maximum atomic E-state index is 11.6. The van der Waals surface area contributed by atoms with Crippen LogP contribution in [0.4, 0.5) is 0 Å². The number of carbonyl (C=O) groups is 1. The third kappa shape index (κ3) is 4.90. The SMILES string of the molecule is CC#C[C@@H](CC(=O)OC)c1ccc(OC[C@H]2COc3c(Cl)cccc3O2)cc1. The van der Waals surface area contributed by atoms with E-state index in [9.17, 15) is 4.79 Å². The summed E-state index contributed by atoms with van der Waals surface area (Å²) in [5.41, 5.74) is 0.938. The van der Waals surface area contributed by atoms with Crippen molar-refractivity contribution >= 4 is 17.6 Å². The van der Waals surface area contributed by atoms with E-state index in [0.717, 1.165) is 5.56 Å². The van der Waals surface area contributed by atoms with E-state index in [0.29, 0.717) is 35.5 Å². The van der Waals surface area contributed by atoms with Crippen LogP contribution in [0.15, 0.2) is 42.5 Å². The Balaban J connectivity index is 1.58. The first kappa shape index (κ1) is 19.9. The van der Waals surface area contributed by atoms with Crippen molar-refractivity contribution < 1.29 is 23.7 Å². The number of para-hydroxylation sites is 1. The van der Waals surface area contributed by atoms with Crippen molar-refractivity contribution in [3.63, 3.8) is 0 Å². The number of halogens is 1. The Morgan fingerprint density at radius 2 is 2.07 bits per heavy atom. The highest BCUT2D eigenvalue weighted by atomic mass is 35.5. The molecule has 0 amide bonds. The summed E-state index contributed by atoms with van der Waals surface area (Å²) in [6.45, 7) is 2.45. The van der Waals surface area contributed by atoms with E-state index in [1.807, 2.05) is 36.4 Å². The zero-order valence-electron chi connectivity index (χ0n) is 15.7. The summed E-state index contributed by atoms with van der Waals surface area (Å²) in [6.07, 6.45) is -0.0177. The number of fused-ring (bicyclic) bond motifs is 1. The van der Waals surface area contributed by atoms with Gasteiger partial charge in [-0.3, -0.25) is 4.79 Å². The van der Waals surface area contributed by atoms with E-state index in [1.54, 1.807) is 13.0 Å². The van der Waals surface area contributed by atoms with Crippen molar-refractivity contribution in [1.82, 2.24) is 0 Å². The second-order valence-corrected chi connectivity index (χ2v) is 6.63. The van der Waals surface area contributed by atoms with Crippen LogP contribution in [-0.2, 0) is 9.53 Å². The van der Waals surface area contributed by atoms with Gasteiger partial charge < -0.3 is 18.9 Å². The zero-order valence-corrected chi connectivity index (χ0v) is 16.5. The monoisotopic (exact) mass is 400 g/mol. The van der Waals surface area contributed by atoms with E-state index in [2.05, 4.69) is 11.8 Å². The lowest BCUT2D eigenvalue weighted by Crippen LogP contribution is -2.34. The summed E-state index contributed by atoms with van der Waals surface area (Å²) in [4.78, 5) is 11.6. The first-order valence-corrected chi connectivity index (χ1v) is 9.28. The Kier molecular flexibility index (Phi) is 6.67. The van der Waals surface area contributed by atoms with E-state index >= 15 is 0 Å². The van der Waals surface area contributed by atoms with Crippen molar-refractivity contribution in [2.75, 3.05) is 20.3 Å². The van der Waals surface area contributed by atoms with Gasteiger partial charge >= 0.3 is 5.97 Å². The number of esters is 1. The predicted molar refractivity (Wildman–Crippen MR) is 106 cm³/mol. The third-order valence-corrected chi connectivity index (χ3v) is 4.57. The minimum atomic E-state index is -0.289. The summed E-state index contributed by atoms with van der Waals surface area (Å²) in [5, 5.41) is 0.532. The highest BCUT2D eigenvalue weighted by Crippen LogP contribution is 2.38. The van der Waals surface area contributed by atoms with Crippen molar-refractivity contribution in [3.05, 3.63) is 53.1 Å². The van der Waals surface area contributed by atoms with Crippen molar-refractivity contribution in [3.8, 4) is 29.1 Å². The van der Waals surface area contributed by atoms with E-state index in [1.165, 1.54) is 7.11 Å². The van der Waals surface area contributed by atoms with Gasteiger partial charge in [0.05, 0.1) is 24.5 Å². The fourth-order valence-electron chi connectivity index (χ4n) is 2.86. The Morgan fingerprint density at radius 3 is 2.79 bits per heavy atom. The second-order valence-electron chi connectivity index (χ2n) is 6.23. The molecule has 0 aliphatic carbocycles. The van der Waals surface area contributed by atoms with Gasteiger partial charge in [0.1, 0.15) is 19.0 Å². The molecule has 5 nitrogen and oxygen atoms in total. The van der Waals surface area contributed by atoms with Gasteiger partial charge in [0.2, 0.25) is 0 Å². The van der Waals surface area contributed by atoms with Crippen LogP contribution < -0.4 is 14.2 Å². The lowest BCUT2D eigenvalue weighted by Gasteiger charge is -2.27. The van der Waals surface area contributed by atoms with Gasteiger partial charge in [-0.2, -0.15) is 0 Å². The molecule has 3 rings (SSSR count). The molecule has 1 aliphatic heterocycles. The molecule has 2 atom stereocenters. The molecule has 28 heavy (non-hydrogen) atoms. The molecule has 0 aromatic heterocycles. The Morgan fingerprint density at radius 1 is 1.29 bits per heavy atom. The van der Waals surface area contributed by atoms with E-state index in [-0.39, 0.29) is 24.4 Å². The smallest absolute Gasteiger partial charge is 0.307 e. The van der Waals surface area contributed by atoms with Crippen LogP contribution in [0.5, 0.6) is 17.2 Å². The molecule has 6 heteroatoms. The molecular weight excluding hydrogens is 380 g/mol. The molecule has 0 spiro atoms. The number of methoxy groups -OCH3 is 1. The van der Waals surface area contributed by atoms with Crippen molar-refractivity contribution in [2.24, 2.45) is 0 Å². The second kappa shape index (κ2) is 9.38. The summed E-state index contributed by atoms with van der Waals surface area (Å²) in [6, 6.07) is 12.9. The number of ether oxygens (including phenoxy) is 4. The topological polar surface area (TPSA) is 54.0 Å². The summed E-state index contributed by atoms with van der Waals surface area (Å²) in [7, 11) is 1.37. The van der Waals surface area contributed by atoms with Crippen LogP contribution in [0.2, 0.25) is 5.02 Å². The molecule has 1 aliphatic rings. The number of benzene rings is 2. The van der Waals surface area contributed by atoms with E-state index in [4.69, 9.17) is 30.5 Å². The number of carbonyl (C=O) groups excluding carboxylic acids is 1. The van der Waals surface area contributed by atoms with Gasteiger partial charge in [-0.1, -0.05) is 35.7 Å². The van der Waals surface area contributed by atoms with E-state index < -0.39 is 0 Å². The normalized spacial score (nSPS) is 15.8. The summed E-state index contributed by atoms with van der Waals surface area (Å²) in [5.74, 6) is 7.29. The van der Waals surface area contributed by atoms with Gasteiger partial charge in [0.15, 0.2) is 17.6 Å². The molecule has 0 bridgehead atoms. The van der Waals surface area contributed by atoms with Gasteiger partial charge in [-0.25, -0.2) is 0 Å². The molecule has 2 aromatic carbocycles. The van der Waals surface area contributed by atoms with Crippen LogP contribution in [0.1, 0.15) is 24.8 Å². The fraction of sp³-hybridized carbons (Fsp3) is 0.318. The third-order valence-electron chi connectivity index (χ3n) is 4.27. The Bertz CT molecular complexity index is 882. The lowest BCUT2D eigenvalue weighted by molar-refractivity contribution is -0.140. The molecule has 1 heterocycles. The maximum absolute atomic E-state index is 11.6. The van der Waals surface area contributed by atoms with Crippen LogP contribution in [0.25, 0.3) is 0 Å². The highest BCUT2D eigenvalue weighted by molar-refractivity contribution is 6.32. The number of hydrogen-bond donors (Lipinski definition) is 0. The zero-order chi connectivity index (χ0) is 19.9. The van der Waals surface area contributed by atoms with Gasteiger partial charge in [0, 0.05) is 0 Å². The summed E-state index contributed by atoms with van der Waals surface area (Å²) < 4.78 is 22.1. The first-order valence-electron chi connectivity index (χ1n) is 8.90. The van der Waals surface area contributed by atoms with Gasteiger partial charge in [-0.05, 0) is 36.8 Å². The van der Waals surface area contributed by atoms with Crippen LogP contribution in [0, 0.1) is 11.8 Å².